The standard InChI is InChI=1S/C32H35N3O8/c1-34(2)26-21-14-18-13-20-19(17-5-3-4-16(12-17)15-35-8-10-43-11-9-35)6-7-22(36)24(20)27(37)23(18)29(39)32(21,42)30(40)25(28(26)38)31(33)41/h3-7,12,18,21,23,25-26,36,42H,8-11,13-15H2,1-2H3,(H2,33,41). The van der Waals surface area contributed by atoms with Gasteiger partial charge in [0, 0.05) is 25.6 Å². The zero-order valence-corrected chi connectivity index (χ0v) is 24.1. The summed E-state index contributed by atoms with van der Waals surface area (Å²) in [7, 11) is 3.13. The number of phenols is 1. The molecular weight excluding hydrogens is 554 g/mol. The van der Waals surface area contributed by atoms with Crippen LogP contribution in [0.5, 0.6) is 5.75 Å². The monoisotopic (exact) mass is 589 g/mol. The molecule has 4 N–H and O–H groups in total. The molecule has 0 radical (unpaired) electrons. The van der Waals surface area contributed by atoms with E-state index in [4.69, 9.17) is 10.5 Å². The summed E-state index contributed by atoms with van der Waals surface area (Å²) in [6.45, 7) is 3.75. The third-order valence-corrected chi connectivity index (χ3v) is 9.69. The Hall–Kier alpha value is -3.77. The van der Waals surface area contributed by atoms with Crippen molar-refractivity contribution in [3.05, 3.63) is 53.1 Å². The molecule has 0 bridgehead atoms. The third kappa shape index (κ3) is 4.53. The second-order valence-electron chi connectivity index (χ2n) is 12.4. The number of carbonyl (C=O) groups excluding carboxylic acids is 5. The van der Waals surface area contributed by atoms with Crippen LogP contribution in [-0.2, 0) is 36.9 Å². The first-order valence-corrected chi connectivity index (χ1v) is 14.5. The zero-order chi connectivity index (χ0) is 30.8. The van der Waals surface area contributed by atoms with Crippen LogP contribution in [0.15, 0.2) is 36.4 Å². The van der Waals surface area contributed by atoms with E-state index in [0.717, 1.165) is 36.3 Å². The van der Waals surface area contributed by atoms with Crippen LogP contribution in [0.2, 0.25) is 0 Å². The van der Waals surface area contributed by atoms with Crippen LogP contribution in [-0.4, -0.2) is 101 Å². The molecule has 6 unspecified atom stereocenters. The van der Waals surface area contributed by atoms with Gasteiger partial charge in [0.2, 0.25) is 5.91 Å². The molecule has 0 aromatic heterocycles. The normalized spacial score (nSPS) is 31.0. The molecule has 1 heterocycles. The van der Waals surface area contributed by atoms with Crippen LogP contribution >= 0.6 is 0 Å². The Bertz CT molecular complexity index is 1550. The van der Waals surface area contributed by atoms with E-state index in [9.17, 15) is 34.2 Å². The van der Waals surface area contributed by atoms with Crippen molar-refractivity contribution in [3.8, 4) is 16.9 Å². The Labute approximate surface area is 248 Å². The molecule has 1 saturated heterocycles. The summed E-state index contributed by atoms with van der Waals surface area (Å²) in [5, 5.41) is 22.6. The number of ether oxygens (including phenoxy) is 1. The molecule has 0 spiro atoms. The van der Waals surface area contributed by atoms with E-state index < -0.39 is 64.4 Å². The van der Waals surface area contributed by atoms with Gasteiger partial charge in [-0.2, -0.15) is 0 Å². The van der Waals surface area contributed by atoms with E-state index in [1.807, 2.05) is 24.3 Å². The van der Waals surface area contributed by atoms with Crippen molar-refractivity contribution in [1.29, 1.82) is 0 Å². The smallest absolute Gasteiger partial charge is 0.235 e. The van der Waals surface area contributed by atoms with Gasteiger partial charge in [-0.1, -0.05) is 24.3 Å². The molecule has 11 heteroatoms. The first-order chi connectivity index (χ1) is 20.4. The van der Waals surface area contributed by atoms with Crippen LogP contribution in [0.1, 0.15) is 27.9 Å². The Morgan fingerprint density at radius 3 is 2.49 bits per heavy atom. The lowest BCUT2D eigenvalue weighted by Crippen LogP contribution is -2.74. The Morgan fingerprint density at radius 1 is 1.09 bits per heavy atom. The van der Waals surface area contributed by atoms with Gasteiger partial charge in [0.25, 0.3) is 0 Å². The average molecular weight is 590 g/mol. The number of benzene rings is 2. The molecule has 3 aliphatic carbocycles. The Balaban J connectivity index is 1.41. The van der Waals surface area contributed by atoms with Gasteiger partial charge in [0.1, 0.15) is 5.75 Å². The maximum Gasteiger partial charge on any atom is 0.235 e. The number of aliphatic hydroxyl groups is 1. The van der Waals surface area contributed by atoms with E-state index in [-0.39, 0.29) is 24.2 Å². The number of hydrogen-bond acceptors (Lipinski definition) is 10. The van der Waals surface area contributed by atoms with Crippen LogP contribution in [0.4, 0.5) is 0 Å². The van der Waals surface area contributed by atoms with Crippen LogP contribution in [0.3, 0.4) is 0 Å². The number of morpholine rings is 1. The summed E-state index contributed by atoms with van der Waals surface area (Å²) in [6.07, 6.45) is 0.222. The lowest BCUT2D eigenvalue weighted by atomic mass is 9.52. The lowest BCUT2D eigenvalue weighted by Gasteiger charge is -2.52. The van der Waals surface area contributed by atoms with Gasteiger partial charge in [0.05, 0.1) is 30.7 Å². The molecule has 3 fully saturated rings. The highest BCUT2D eigenvalue weighted by Crippen LogP contribution is 2.51. The van der Waals surface area contributed by atoms with Crippen LogP contribution < -0.4 is 5.73 Å². The summed E-state index contributed by atoms with van der Waals surface area (Å²) in [6, 6.07) is 9.99. The average Bonchev–Trinajstić information content (AvgIpc) is 2.95. The Kier molecular flexibility index (Phi) is 7.32. The number of nitrogens with zero attached hydrogens (tertiary/aromatic N) is 2. The highest BCUT2D eigenvalue weighted by atomic mass is 16.5. The van der Waals surface area contributed by atoms with E-state index >= 15 is 0 Å². The minimum Gasteiger partial charge on any atom is -0.507 e. The summed E-state index contributed by atoms with van der Waals surface area (Å²) >= 11 is 0. The minimum atomic E-state index is -2.74. The fourth-order valence-corrected chi connectivity index (χ4v) is 7.73. The summed E-state index contributed by atoms with van der Waals surface area (Å²) < 4.78 is 5.45. The molecule has 11 nitrogen and oxygen atoms in total. The molecule has 6 atom stereocenters. The molecule has 6 rings (SSSR count). The molecule has 226 valence electrons. The number of fused-ring (bicyclic) bond motifs is 3. The zero-order valence-electron chi connectivity index (χ0n) is 24.1. The van der Waals surface area contributed by atoms with Crippen molar-refractivity contribution in [2.24, 2.45) is 29.4 Å². The number of rotatable bonds is 5. The van der Waals surface area contributed by atoms with Gasteiger partial charge < -0.3 is 20.7 Å². The topological polar surface area (TPSA) is 168 Å². The second-order valence-corrected chi connectivity index (χ2v) is 12.4. The number of phenolic OH excluding ortho intramolecular Hbond substituents is 1. The molecule has 2 saturated carbocycles. The van der Waals surface area contributed by atoms with Crippen LogP contribution in [0.25, 0.3) is 11.1 Å². The first kappa shape index (κ1) is 29.3. The van der Waals surface area contributed by atoms with Crippen molar-refractivity contribution in [3.63, 3.8) is 0 Å². The number of primary amides is 1. The summed E-state index contributed by atoms with van der Waals surface area (Å²) in [4.78, 5) is 70.7. The number of Topliss-reactive ketones (excluding diaryl/α,β-unsaturated/α-hetero) is 4. The number of ketones is 4. The molecule has 2 aromatic rings. The second kappa shape index (κ2) is 10.7. The molecule has 2 aromatic carbocycles. The minimum absolute atomic E-state index is 0.00998. The highest BCUT2D eigenvalue weighted by molar-refractivity contribution is 6.32. The van der Waals surface area contributed by atoms with Crippen molar-refractivity contribution in [2.75, 3.05) is 40.4 Å². The van der Waals surface area contributed by atoms with Crippen LogP contribution in [0, 0.1) is 23.7 Å². The van der Waals surface area contributed by atoms with Crippen molar-refractivity contribution in [2.45, 2.75) is 31.0 Å². The molecule has 4 aliphatic rings. The SMILES string of the molecule is CN(C)C1C(=O)C(C(N)=O)C(=O)C2(O)C(=O)C3C(=O)c4c(O)ccc(-c5cccc(CN6CCOCC6)c5)c4CC3CC12. The van der Waals surface area contributed by atoms with Crippen molar-refractivity contribution >= 4 is 29.0 Å². The fourth-order valence-electron chi connectivity index (χ4n) is 7.73. The predicted molar refractivity (Wildman–Crippen MR) is 153 cm³/mol. The van der Waals surface area contributed by atoms with E-state index in [1.165, 1.54) is 11.0 Å². The first-order valence-electron chi connectivity index (χ1n) is 14.5. The van der Waals surface area contributed by atoms with Gasteiger partial charge in [-0.3, -0.25) is 33.8 Å². The van der Waals surface area contributed by atoms with Gasteiger partial charge >= 0.3 is 0 Å². The summed E-state index contributed by atoms with van der Waals surface area (Å²) in [5.74, 6) is -10.5. The molecular formula is C32H35N3O8. The van der Waals surface area contributed by atoms with Gasteiger partial charge in [-0.15, -0.1) is 0 Å². The van der Waals surface area contributed by atoms with Gasteiger partial charge in [-0.05, 0) is 67.2 Å². The van der Waals surface area contributed by atoms with Gasteiger partial charge in [-0.25, -0.2) is 0 Å². The number of nitrogens with two attached hydrogens (primary N) is 1. The van der Waals surface area contributed by atoms with E-state index in [1.54, 1.807) is 20.2 Å². The maximum atomic E-state index is 14.0. The number of likely N-dealkylation sites (N-methyl/N-ethyl adjacent to an activating group) is 1. The number of hydrogen-bond donors (Lipinski definition) is 3. The van der Waals surface area contributed by atoms with Gasteiger partial charge in [0.15, 0.2) is 34.7 Å². The molecule has 1 amide bonds. The largest absolute Gasteiger partial charge is 0.507 e. The van der Waals surface area contributed by atoms with E-state index in [2.05, 4.69) is 4.90 Å². The summed E-state index contributed by atoms with van der Waals surface area (Å²) in [5.41, 5.74) is 5.89. The lowest BCUT2D eigenvalue weighted by molar-refractivity contribution is -0.181. The number of carbonyl (C=O) groups is 5. The number of aromatic hydroxyl groups is 1. The van der Waals surface area contributed by atoms with Crippen molar-refractivity contribution in [1.82, 2.24) is 9.80 Å². The molecule has 1 aliphatic heterocycles. The maximum absolute atomic E-state index is 14.0. The van der Waals surface area contributed by atoms with Crippen molar-refractivity contribution < 1.29 is 38.9 Å². The van der Waals surface area contributed by atoms with E-state index in [0.29, 0.717) is 18.8 Å². The quantitative estimate of drug-likeness (QED) is 0.415. The predicted octanol–water partition coefficient (Wildman–Crippen LogP) is 0.366. The Morgan fingerprint density at radius 2 is 1.81 bits per heavy atom. The third-order valence-electron chi connectivity index (χ3n) is 9.69. The fraction of sp³-hybridized carbons (Fsp3) is 0.469. The molecule has 43 heavy (non-hydrogen) atoms. The number of amides is 1. The highest BCUT2D eigenvalue weighted by Gasteiger charge is 2.69.